The van der Waals surface area contributed by atoms with Gasteiger partial charge in [-0.25, -0.2) is 13.2 Å². The standard InChI is InChI=1S/C37H67N5O7S/c1-10-11-15-27(29(43)32(45)38-26-16-17-26)39-31(44)28-25(22-24(2)3)18-21-42(28)33(46)30(35(4,5)6)40-34(47)41-37(19-13-12-14-20-37)23-50(48,49)36(7,8)9/h24-30,43H,10-23H2,1-9H3,(H,38,45)(H,39,44)(H2,40,41,47)/t25-,27+,28+,29?,30-/m1/s1. The van der Waals surface area contributed by atoms with Crippen molar-refractivity contribution >= 4 is 33.6 Å². The summed E-state index contributed by atoms with van der Waals surface area (Å²) in [5.41, 5.74) is -1.69. The van der Waals surface area contributed by atoms with E-state index >= 15 is 0 Å². The van der Waals surface area contributed by atoms with Crippen LogP contribution in [0.25, 0.3) is 0 Å². The molecule has 1 saturated heterocycles. The van der Waals surface area contributed by atoms with Crippen LogP contribution in [0.3, 0.4) is 0 Å². The van der Waals surface area contributed by atoms with Crippen molar-refractivity contribution in [3.63, 3.8) is 0 Å². The Labute approximate surface area is 301 Å². The molecule has 0 spiro atoms. The topological polar surface area (TPSA) is 174 Å². The third kappa shape index (κ3) is 11.3. The molecule has 5 amide bonds. The number of aliphatic hydroxyl groups is 1. The summed E-state index contributed by atoms with van der Waals surface area (Å²) in [6.07, 6.45) is 7.16. The molecule has 3 aliphatic rings. The average Bonchev–Trinajstić information content (AvgIpc) is 3.71. The van der Waals surface area contributed by atoms with E-state index in [2.05, 4.69) is 35.1 Å². The number of amides is 5. The van der Waals surface area contributed by atoms with Crippen LogP contribution in [0.15, 0.2) is 0 Å². The Morgan fingerprint density at radius 3 is 2.08 bits per heavy atom. The first-order chi connectivity index (χ1) is 23.1. The van der Waals surface area contributed by atoms with E-state index in [9.17, 15) is 32.7 Å². The average molecular weight is 726 g/mol. The van der Waals surface area contributed by atoms with Gasteiger partial charge in [0.2, 0.25) is 11.8 Å². The highest BCUT2D eigenvalue weighted by Gasteiger charge is 2.48. The van der Waals surface area contributed by atoms with Gasteiger partial charge in [-0.15, -0.1) is 0 Å². The van der Waals surface area contributed by atoms with E-state index in [-0.39, 0.29) is 23.6 Å². The second kappa shape index (κ2) is 16.9. The summed E-state index contributed by atoms with van der Waals surface area (Å²) in [7, 11) is -3.56. The monoisotopic (exact) mass is 725 g/mol. The lowest BCUT2D eigenvalue weighted by Gasteiger charge is -2.41. The maximum Gasteiger partial charge on any atom is 0.315 e. The van der Waals surface area contributed by atoms with Crippen molar-refractivity contribution in [3.05, 3.63) is 0 Å². The molecule has 5 N–H and O–H groups in total. The third-order valence-electron chi connectivity index (χ3n) is 10.6. The smallest absolute Gasteiger partial charge is 0.315 e. The van der Waals surface area contributed by atoms with Crippen molar-refractivity contribution in [2.24, 2.45) is 17.3 Å². The summed E-state index contributed by atoms with van der Waals surface area (Å²) in [5.74, 6) is -1.37. The number of unbranched alkanes of at least 4 members (excludes halogenated alkanes) is 1. The summed E-state index contributed by atoms with van der Waals surface area (Å²) < 4.78 is 25.7. The van der Waals surface area contributed by atoms with Crippen LogP contribution in [-0.2, 0) is 24.2 Å². The molecule has 12 nitrogen and oxygen atoms in total. The Balaban J connectivity index is 1.86. The highest BCUT2D eigenvalue weighted by Crippen LogP contribution is 2.35. The number of rotatable bonds is 15. The number of hydrogen-bond donors (Lipinski definition) is 5. The highest BCUT2D eigenvalue weighted by atomic mass is 32.2. The van der Waals surface area contributed by atoms with Crippen molar-refractivity contribution in [2.45, 2.75) is 180 Å². The van der Waals surface area contributed by atoms with Gasteiger partial charge in [0.1, 0.15) is 12.1 Å². The van der Waals surface area contributed by atoms with Crippen LogP contribution < -0.4 is 21.3 Å². The first kappa shape index (κ1) is 42.0. The molecule has 0 aromatic heterocycles. The Morgan fingerprint density at radius 1 is 0.940 bits per heavy atom. The van der Waals surface area contributed by atoms with Gasteiger partial charge in [-0.3, -0.25) is 14.4 Å². The molecule has 0 bridgehead atoms. The number of aliphatic hydroxyl groups excluding tert-OH is 1. The molecular formula is C37H67N5O7S. The number of urea groups is 1. The zero-order chi connectivity index (χ0) is 37.7. The molecule has 2 saturated carbocycles. The first-order valence-electron chi connectivity index (χ1n) is 19.0. The van der Waals surface area contributed by atoms with Crippen LogP contribution in [0, 0.1) is 17.3 Å². The van der Waals surface area contributed by atoms with Crippen molar-refractivity contribution < 1.29 is 32.7 Å². The van der Waals surface area contributed by atoms with E-state index in [0.717, 1.165) is 38.5 Å². The summed E-state index contributed by atoms with van der Waals surface area (Å²) in [5, 5.41) is 22.8. The number of sulfone groups is 1. The second-order valence-corrected chi connectivity index (χ2v) is 20.5. The van der Waals surface area contributed by atoms with Gasteiger partial charge in [-0.1, -0.05) is 73.6 Å². The van der Waals surface area contributed by atoms with Crippen LogP contribution in [0.2, 0.25) is 0 Å². The molecule has 0 aromatic carbocycles. The molecule has 0 aromatic rings. The lowest BCUT2D eigenvalue weighted by Crippen LogP contribution is -2.64. The van der Waals surface area contributed by atoms with Gasteiger partial charge >= 0.3 is 6.03 Å². The van der Waals surface area contributed by atoms with E-state index in [4.69, 9.17) is 0 Å². The molecule has 50 heavy (non-hydrogen) atoms. The maximum atomic E-state index is 14.5. The van der Waals surface area contributed by atoms with Gasteiger partial charge in [0.15, 0.2) is 15.9 Å². The second-order valence-electron chi connectivity index (χ2n) is 17.7. The SMILES string of the molecule is CCCC[C@H](NC(=O)[C@@H]1[C@@H](CC(C)C)CCN1C(=O)[C@@H](NC(=O)NC1(CS(=O)(=O)C(C)(C)C)CCCCC1)C(C)(C)C)C(O)C(=O)NC1CC1. The quantitative estimate of drug-likeness (QED) is 0.168. The molecule has 13 heteroatoms. The van der Waals surface area contributed by atoms with Gasteiger partial charge in [-0.05, 0) is 83.0 Å². The number of hydrogen-bond acceptors (Lipinski definition) is 7. The van der Waals surface area contributed by atoms with Crippen molar-refractivity contribution in [3.8, 4) is 0 Å². The number of carbonyl (C=O) groups is 4. The minimum absolute atomic E-state index is 0.0629. The molecule has 1 unspecified atom stereocenters. The molecular weight excluding hydrogens is 659 g/mol. The number of carbonyl (C=O) groups excluding carboxylic acids is 4. The van der Waals surface area contributed by atoms with E-state index < -0.39 is 73.5 Å². The van der Waals surface area contributed by atoms with Gasteiger partial charge < -0.3 is 31.3 Å². The summed E-state index contributed by atoms with van der Waals surface area (Å²) in [6, 6.07) is -3.21. The predicted molar refractivity (Wildman–Crippen MR) is 196 cm³/mol. The molecule has 1 aliphatic heterocycles. The third-order valence-corrected chi connectivity index (χ3v) is 13.4. The molecule has 288 valence electrons. The summed E-state index contributed by atoms with van der Waals surface area (Å²) in [6.45, 7) is 17.0. The Morgan fingerprint density at radius 2 is 1.56 bits per heavy atom. The first-order valence-corrected chi connectivity index (χ1v) is 20.7. The fourth-order valence-electron chi connectivity index (χ4n) is 7.35. The lowest BCUT2D eigenvalue weighted by atomic mass is 9.83. The van der Waals surface area contributed by atoms with E-state index in [1.807, 2.05) is 27.7 Å². The fraction of sp³-hybridized carbons (Fsp3) is 0.892. The summed E-state index contributed by atoms with van der Waals surface area (Å²) >= 11 is 0. The van der Waals surface area contributed by atoms with Crippen molar-refractivity contribution in [1.29, 1.82) is 0 Å². The Bertz CT molecular complexity index is 1300. The van der Waals surface area contributed by atoms with Crippen LogP contribution in [0.5, 0.6) is 0 Å². The Kier molecular flexibility index (Phi) is 14.2. The molecule has 3 rings (SSSR count). The van der Waals surface area contributed by atoms with Crippen LogP contribution in [-0.4, -0.2) is 95.0 Å². The minimum Gasteiger partial charge on any atom is -0.381 e. The van der Waals surface area contributed by atoms with E-state index in [1.54, 1.807) is 25.7 Å². The van der Waals surface area contributed by atoms with Crippen LogP contribution >= 0.6 is 0 Å². The van der Waals surface area contributed by atoms with E-state index in [1.165, 1.54) is 0 Å². The minimum atomic E-state index is -3.56. The Hall–Kier alpha value is -2.41. The molecule has 3 fully saturated rings. The number of nitrogens with zero attached hydrogens (tertiary/aromatic N) is 1. The normalized spacial score (nSPS) is 23.1. The van der Waals surface area contributed by atoms with Gasteiger partial charge in [0.05, 0.1) is 22.1 Å². The van der Waals surface area contributed by atoms with Crippen LogP contribution in [0.4, 0.5) is 4.79 Å². The van der Waals surface area contributed by atoms with E-state index in [0.29, 0.717) is 45.1 Å². The van der Waals surface area contributed by atoms with Crippen molar-refractivity contribution in [1.82, 2.24) is 26.2 Å². The van der Waals surface area contributed by atoms with Crippen LogP contribution in [0.1, 0.15) is 139 Å². The maximum absolute atomic E-state index is 14.5. The molecule has 5 atom stereocenters. The summed E-state index contributed by atoms with van der Waals surface area (Å²) in [4.78, 5) is 56.9. The number of likely N-dealkylation sites (tertiary alicyclic amines) is 1. The molecule has 1 heterocycles. The zero-order valence-electron chi connectivity index (χ0n) is 32.2. The number of nitrogens with one attached hydrogen (secondary N) is 4. The van der Waals surface area contributed by atoms with Gasteiger partial charge in [0, 0.05) is 12.6 Å². The van der Waals surface area contributed by atoms with Crippen molar-refractivity contribution in [2.75, 3.05) is 12.3 Å². The highest BCUT2D eigenvalue weighted by molar-refractivity contribution is 7.92. The zero-order valence-corrected chi connectivity index (χ0v) is 33.0. The fourth-order valence-corrected chi connectivity index (χ4v) is 8.87. The largest absolute Gasteiger partial charge is 0.381 e. The predicted octanol–water partition coefficient (Wildman–Crippen LogP) is 4.19. The molecule has 0 radical (unpaired) electrons. The van der Waals surface area contributed by atoms with Gasteiger partial charge in [-0.2, -0.15) is 0 Å². The lowest BCUT2D eigenvalue weighted by molar-refractivity contribution is -0.144. The molecule has 2 aliphatic carbocycles. The van der Waals surface area contributed by atoms with Gasteiger partial charge in [0.25, 0.3) is 5.91 Å².